The van der Waals surface area contributed by atoms with E-state index in [1.54, 1.807) is 0 Å². The quantitative estimate of drug-likeness (QED) is 0.577. The molecule has 0 aromatic rings. The fraction of sp³-hybridized carbons (Fsp3) is 1.00. The molecular formula is C10H18O2. The maximum Gasteiger partial charge on any atom is 0.0908 e. The molecule has 12 heavy (non-hydrogen) atoms. The summed E-state index contributed by atoms with van der Waals surface area (Å²) >= 11 is 0. The molecule has 0 unspecified atom stereocenters. The highest BCUT2D eigenvalue weighted by Crippen LogP contribution is 2.41. The van der Waals surface area contributed by atoms with E-state index in [4.69, 9.17) is 0 Å². The maximum atomic E-state index is 10.1. The van der Waals surface area contributed by atoms with Crippen molar-refractivity contribution in [3.05, 3.63) is 0 Å². The topological polar surface area (TPSA) is 40.5 Å². The molecule has 2 saturated carbocycles. The van der Waals surface area contributed by atoms with Crippen LogP contribution in [0.25, 0.3) is 0 Å². The molecule has 2 heteroatoms. The monoisotopic (exact) mass is 170 g/mol. The third-order valence-electron chi connectivity index (χ3n) is 3.58. The second-order valence-electron chi connectivity index (χ2n) is 4.51. The Morgan fingerprint density at radius 1 is 1.08 bits per heavy atom. The van der Waals surface area contributed by atoms with Gasteiger partial charge in [-0.15, -0.1) is 0 Å². The van der Waals surface area contributed by atoms with Crippen LogP contribution in [0.4, 0.5) is 0 Å². The van der Waals surface area contributed by atoms with Gasteiger partial charge in [-0.2, -0.15) is 0 Å². The minimum absolute atomic E-state index is 0.452. The molecule has 0 aromatic heterocycles. The van der Waals surface area contributed by atoms with Crippen LogP contribution in [0.3, 0.4) is 0 Å². The Bertz CT molecular complexity index is 169. The molecule has 2 aliphatic carbocycles. The molecule has 70 valence electrons. The Morgan fingerprint density at radius 3 is 2.75 bits per heavy atom. The minimum Gasteiger partial charge on any atom is -0.390 e. The lowest BCUT2D eigenvalue weighted by Crippen LogP contribution is -2.46. The first-order valence-corrected chi connectivity index (χ1v) is 5.11. The van der Waals surface area contributed by atoms with Crippen LogP contribution in [-0.4, -0.2) is 21.9 Å². The van der Waals surface area contributed by atoms with Gasteiger partial charge in [0.25, 0.3) is 0 Å². The predicted octanol–water partition coefficient (Wildman–Crippen LogP) is 1.45. The van der Waals surface area contributed by atoms with Crippen LogP contribution in [0.15, 0.2) is 0 Å². The van der Waals surface area contributed by atoms with Crippen molar-refractivity contribution in [1.29, 1.82) is 0 Å². The zero-order valence-corrected chi connectivity index (χ0v) is 7.50. The van der Waals surface area contributed by atoms with E-state index in [2.05, 4.69) is 0 Å². The number of aliphatic hydroxyl groups excluding tert-OH is 1. The Balaban J connectivity index is 2.13. The zero-order valence-electron chi connectivity index (χ0n) is 7.50. The molecular weight excluding hydrogens is 152 g/mol. The van der Waals surface area contributed by atoms with E-state index in [9.17, 15) is 10.2 Å². The first-order chi connectivity index (χ1) is 5.71. The smallest absolute Gasteiger partial charge is 0.0908 e. The van der Waals surface area contributed by atoms with Crippen molar-refractivity contribution in [3.8, 4) is 0 Å². The van der Waals surface area contributed by atoms with Crippen LogP contribution in [0.2, 0.25) is 0 Å². The molecule has 2 rings (SSSR count). The summed E-state index contributed by atoms with van der Waals surface area (Å²) in [6, 6.07) is 0. The molecule has 0 heterocycles. The number of rotatable bonds is 0. The van der Waals surface area contributed by atoms with Crippen molar-refractivity contribution < 1.29 is 10.2 Å². The van der Waals surface area contributed by atoms with E-state index >= 15 is 0 Å². The summed E-state index contributed by atoms with van der Waals surface area (Å²) in [4.78, 5) is 0. The SMILES string of the molecule is O[C@H]1CC[C@H]2CCCC[C@]1(O)C2. The van der Waals surface area contributed by atoms with E-state index in [1.807, 2.05) is 0 Å². The summed E-state index contributed by atoms with van der Waals surface area (Å²) in [6.45, 7) is 0. The Hall–Kier alpha value is -0.0800. The van der Waals surface area contributed by atoms with Crippen LogP contribution in [-0.2, 0) is 0 Å². The molecule has 0 spiro atoms. The van der Waals surface area contributed by atoms with Crippen molar-refractivity contribution in [3.63, 3.8) is 0 Å². The Kier molecular flexibility index (Phi) is 2.13. The summed E-state index contributed by atoms with van der Waals surface area (Å²) < 4.78 is 0. The van der Waals surface area contributed by atoms with Crippen molar-refractivity contribution >= 4 is 0 Å². The van der Waals surface area contributed by atoms with E-state index in [1.165, 1.54) is 12.8 Å². The molecule has 0 aromatic carbocycles. The van der Waals surface area contributed by atoms with Gasteiger partial charge in [0, 0.05) is 0 Å². The highest BCUT2D eigenvalue weighted by atomic mass is 16.3. The van der Waals surface area contributed by atoms with E-state index in [-0.39, 0.29) is 0 Å². The number of fused-ring (bicyclic) bond motifs is 2. The van der Waals surface area contributed by atoms with E-state index in [0.717, 1.165) is 32.1 Å². The molecule has 2 fully saturated rings. The highest BCUT2D eigenvalue weighted by molar-refractivity contribution is 4.94. The molecule has 0 aliphatic heterocycles. The molecule has 0 radical (unpaired) electrons. The van der Waals surface area contributed by atoms with Crippen LogP contribution in [0, 0.1) is 5.92 Å². The van der Waals surface area contributed by atoms with Crippen LogP contribution in [0.5, 0.6) is 0 Å². The molecule has 2 N–H and O–H groups in total. The van der Waals surface area contributed by atoms with E-state index in [0.29, 0.717) is 5.92 Å². The average molecular weight is 170 g/mol. The molecule has 2 nitrogen and oxygen atoms in total. The normalized spacial score (nSPS) is 48.5. The lowest BCUT2D eigenvalue weighted by Gasteiger charge is -2.39. The lowest BCUT2D eigenvalue weighted by atomic mass is 9.75. The predicted molar refractivity (Wildman–Crippen MR) is 46.8 cm³/mol. The molecule has 0 saturated heterocycles. The first-order valence-electron chi connectivity index (χ1n) is 5.11. The molecule has 2 aliphatic rings. The summed E-state index contributed by atoms with van der Waals surface area (Å²) in [5.41, 5.74) is -0.723. The Morgan fingerprint density at radius 2 is 1.92 bits per heavy atom. The van der Waals surface area contributed by atoms with Gasteiger partial charge < -0.3 is 10.2 Å². The van der Waals surface area contributed by atoms with Gasteiger partial charge in [-0.05, 0) is 31.6 Å². The third-order valence-corrected chi connectivity index (χ3v) is 3.58. The second-order valence-corrected chi connectivity index (χ2v) is 4.51. The van der Waals surface area contributed by atoms with Crippen molar-refractivity contribution in [1.82, 2.24) is 0 Å². The minimum atomic E-state index is -0.723. The van der Waals surface area contributed by atoms with Gasteiger partial charge in [0.2, 0.25) is 0 Å². The highest BCUT2D eigenvalue weighted by Gasteiger charge is 2.42. The number of hydrogen-bond acceptors (Lipinski definition) is 2. The van der Waals surface area contributed by atoms with Gasteiger partial charge in [0.1, 0.15) is 0 Å². The van der Waals surface area contributed by atoms with Gasteiger partial charge in [-0.3, -0.25) is 0 Å². The molecule has 0 amide bonds. The van der Waals surface area contributed by atoms with Gasteiger partial charge in [-0.25, -0.2) is 0 Å². The maximum absolute atomic E-state index is 10.1. The van der Waals surface area contributed by atoms with Crippen LogP contribution < -0.4 is 0 Å². The van der Waals surface area contributed by atoms with Gasteiger partial charge in [0.05, 0.1) is 11.7 Å². The molecule has 3 atom stereocenters. The Labute approximate surface area is 73.6 Å². The average Bonchev–Trinajstić information content (AvgIpc) is 2.20. The summed E-state index contributed by atoms with van der Waals surface area (Å²) in [7, 11) is 0. The standard InChI is InChI=1S/C10H18O2/c11-9-5-4-8-3-1-2-6-10(9,12)7-8/h8-9,11-12H,1-7H2/t8-,9+,10+/m1/s1. The van der Waals surface area contributed by atoms with Crippen molar-refractivity contribution in [2.75, 3.05) is 0 Å². The van der Waals surface area contributed by atoms with Gasteiger partial charge in [0.15, 0.2) is 0 Å². The summed E-state index contributed by atoms with van der Waals surface area (Å²) in [5, 5.41) is 19.8. The van der Waals surface area contributed by atoms with Gasteiger partial charge >= 0.3 is 0 Å². The zero-order chi connectivity index (χ0) is 8.60. The van der Waals surface area contributed by atoms with Crippen LogP contribution >= 0.6 is 0 Å². The number of aliphatic hydroxyl groups is 2. The van der Waals surface area contributed by atoms with Gasteiger partial charge in [-0.1, -0.05) is 19.3 Å². The second kappa shape index (κ2) is 3.00. The summed E-state index contributed by atoms with van der Waals surface area (Å²) in [6.07, 6.45) is 6.70. The fourth-order valence-electron chi connectivity index (χ4n) is 2.78. The number of hydrogen-bond donors (Lipinski definition) is 2. The first kappa shape index (κ1) is 8.52. The van der Waals surface area contributed by atoms with E-state index < -0.39 is 11.7 Å². The van der Waals surface area contributed by atoms with Crippen LogP contribution in [0.1, 0.15) is 44.9 Å². The van der Waals surface area contributed by atoms with Crippen molar-refractivity contribution in [2.24, 2.45) is 5.92 Å². The van der Waals surface area contributed by atoms with Crippen molar-refractivity contribution in [2.45, 2.75) is 56.7 Å². The molecule has 2 bridgehead atoms. The largest absolute Gasteiger partial charge is 0.390 e. The summed E-state index contributed by atoms with van der Waals surface area (Å²) in [5.74, 6) is 0.681. The lowest BCUT2D eigenvalue weighted by molar-refractivity contribution is -0.113. The third kappa shape index (κ3) is 1.38. The fourth-order valence-corrected chi connectivity index (χ4v) is 2.78.